The number of carbonyl (C=O) groups is 1. The van der Waals surface area contributed by atoms with Crippen LogP contribution in [0.2, 0.25) is 0 Å². The molecule has 2 rings (SSSR count). The van der Waals surface area contributed by atoms with Crippen LogP contribution < -0.4 is 5.32 Å². The second-order valence-electron chi connectivity index (χ2n) is 5.34. The number of aliphatic hydroxyl groups is 1. The van der Waals surface area contributed by atoms with E-state index in [4.69, 9.17) is 5.11 Å². The van der Waals surface area contributed by atoms with Gasteiger partial charge in [-0.05, 0) is 30.5 Å². The van der Waals surface area contributed by atoms with Crippen LogP contribution in [0.4, 0.5) is 4.39 Å². The lowest BCUT2D eigenvalue weighted by atomic mass is 10.0. The van der Waals surface area contributed by atoms with Crippen LogP contribution in [0, 0.1) is 11.7 Å². The van der Waals surface area contributed by atoms with Crippen LogP contribution in [0.1, 0.15) is 30.6 Å². The van der Waals surface area contributed by atoms with E-state index in [1.54, 1.807) is 0 Å². The van der Waals surface area contributed by atoms with Crippen molar-refractivity contribution >= 4 is 5.91 Å². The Hall–Kier alpha value is -2.28. The summed E-state index contributed by atoms with van der Waals surface area (Å²) in [6, 6.07) is 4.03. The molecule has 1 unspecified atom stereocenters. The van der Waals surface area contributed by atoms with E-state index in [-0.39, 0.29) is 35.7 Å². The van der Waals surface area contributed by atoms with Gasteiger partial charge in [-0.25, -0.2) is 14.1 Å². The van der Waals surface area contributed by atoms with Crippen molar-refractivity contribution < 1.29 is 14.3 Å². The molecule has 22 heavy (non-hydrogen) atoms. The summed E-state index contributed by atoms with van der Waals surface area (Å²) in [5.74, 6) is -0.743. The van der Waals surface area contributed by atoms with Crippen molar-refractivity contribution in [2.24, 2.45) is 5.92 Å². The number of nitrogens with one attached hydrogen (secondary N) is 1. The second-order valence-corrected chi connectivity index (χ2v) is 5.34. The van der Waals surface area contributed by atoms with Crippen LogP contribution in [-0.2, 0) is 0 Å². The molecule has 1 aromatic carbocycles. The van der Waals surface area contributed by atoms with Gasteiger partial charge in [-0.3, -0.25) is 4.79 Å². The smallest absolute Gasteiger partial charge is 0.251 e. The Bertz CT molecular complexity index is 628. The number of carbonyl (C=O) groups excluding carboxylic acids is 1. The number of rotatable bonds is 6. The molecule has 0 saturated heterocycles. The van der Waals surface area contributed by atoms with Crippen molar-refractivity contribution in [2.45, 2.75) is 26.3 Å². The topological polar surface area (TPSA) is 80.0 Å². The molecule has 0 fully saturated rings. The molecule has 6 nitrogen and oxygen atoms in total. The summed E-state index contributed by atoms with van der Waals surface area (Å²) in [4.78, 5) is 15.9. The maximum absolute atomic E-state index is 14.1. The van der Waals surface area contributed by atoms with E-state index in [0.717, 1.165) is 0 Å². The molecule has 2 N–H and O–H groups in total. The first kappa shape index (κ1) is 16.1. The average Bonchev–Trinajstić information content (AvgIpc) is 3.00. The molecule has 0 aliphatic carbocycles. The van der Waals surface area contributed by atoms with Crippen molar-refractivity contribution in [3.63, 3.8) is 0 Å². The van der Waals surface area contributed by atoms with E-state index in [1.165, 1.54) is 35.5 Å². The van der Waals surface area contributed by atoms with Crippen molar-refractivity contribution in [1.29, 1.82) is 0 Å². The molecule has 1 aromatic heterocycles. The quantitative estimate of drug-likeness (QED) is 0.848. The number of hydrogen-bond donors (Lipinski definition) is 2. The number of amides is 1. The van der Waals surface area contributed by atoms with Crippen LogP contribution in [0.5, 0.6) is 0 Å². The van der Waals surface area contributed by atoms with Crippen LogP contribution >= 0.6 is 0 Å². The van der Waals surface area contributed by atoms with E-state index in [2.05, 4.69) is 15.4 Å². The predicted molar refractivity (Wildman–Crippen MR) is 79.1 cm³/mol. The number of aromatic nitrogens is 3. The van der Waals surface area contributed by atoms with Crippen LogP contribution in [0.15, 0.2) is 30.9 Å². The highest BCUT2D eigenvalue weighted by molar-refractivity contribution is 5.94. The lowest BCUT2D eigenvalue weighted by molar-refractivity contribution is 0.0916. The predicted octanol–water partition coefficient (Wildman–Crippen LogP) is 1.54. The Morgan fingerprint density at radius 2 is 2.23 bits per heavy atom. The highest BCUT2D eigenvalue weighted by atomic mass is 19.1. The first-order valence-electron chi connectivity index (χ1n) is 7.09. The van der Waals surface area contributed by atoms with Crippen molar-refractivity contribution in [2.75, 3.05) is 6.61 Å². The van der Waals surface area contributed by atoms with Gasteiger partial charge in [-0.1, -0.05) is 13.8 Å². The van der Waals surface area contributed by atoms with Gasteiger partial charge in [-0.2, -0.15) is 5.10 Å². The third kappa shape index (κ3) is 3.67. The summed E-state index contributed by atoms with van der Waals surface area (Å²) in [6.07, 6.45) is 3.15. The first-order chi connectivity index (χ1) is 10.5. The minimum atomic E-state index is -0.554. The molecule has 0 spiro atoms. The molecule has 0 bridgehead atoms. The third-order valence-corrected chi connectivity index (χ3v) is 3.44. The van der Waals surface area contributed by atoms with Gasteiger partial charge < -0.3 is 10.4 Å². The summed E-state index contributed by atoms with van der Waals surface area (Å²) in [5.41, 5.74) is 0.453. The second kappa shape index (κ2) is 7.13. The number of nitrogens with zero attached hydrogens (tertiary/aromatic N) is 3. The summed E-state index contributed by atoms with van der Waals surface area (Å²) in [7, 11) is 0. The molecule has 1 amide bonds. The van der Waals surface area contributed by atoms with Gasteiger partial charge in [0.2, 0.25) is 0 Å². The minimum Gasteiger partial charge on any atom is -0.396 e. The summed E-state index contributed by atoms with van der Waals surface area (Å²) in [5, 5.41) is 15.7. The van der Waals surface area contributed by atoms with Crippen LogP contribution in [0.3, 0.4) is 0 Å². The highest BCUT2D eigenvalue weighted by Crippen LogP contribution is 2.15. The van der Waals surface area contributed by atoms with Gasteiger partial charge in [0.15, 0.2) is 0 Å². The summed E-state index contributed by atoms with van der Waals surface area (Å²) < 4.78 is 15.4. The molecule has 1 atom stereocenters. The fraction of sp³-hybridized carbons (Fsp3) is 0.400. The van der Waals surface area contributed by atoms with Gasteiger partial charge in [0, 0.05) is 18.2 Å². The zero-order valence-electron chi connectivity index (χ0n) is 12.5. The fourth-order valence-corrected chi connectivity index (χ4v) is 2.13. The normalized spacial score (nSPS) is 12.4. The SMILES string of the molecule is CC(C)C(CCO)NC(=O)c1ccc(-n2cncn2)c(F)c1. The van der Waals surface area contributed by atoms with Crippen molar-refractivity contribution in [3.05, 3.63) is 42.2 Å². The first-order valence-corrected chi connectivity index (χ1v) is 7.09. The maximum atomic E-state index is 14.1. The number of benzene rings is 1. The molecule has 7 heteroatoms. The molecule has 0 saturated carbocycles. The Morgan fingerprint density at radius 3 is 2.77 bits per heavy atom. The zero-order valence-corrected chi connectivity index (χ0v) is 12.5. The standard InChI is InChI=1S/C15H19FN4O2/c1-10(2)13(5-6-21)19-15(22)11-3-4-14(12(16)7-11)20-9-17-8-18-20/h3-4,7-10,13,21H,5-6H2,1-2H3,(H,19,22). The van der Waals surface area contributed by atoms with E-state index in [0.29, 0.717) is 6.42 Å². The highest BCUT2D eigenvalue weighted by Gasteiger charge is 2.18. The zero-order chi connectivity index (χ0) is 16.1. The summed E-state index contributed by atoms with van der Waals surface area (Å²) >= 11 is 0. The lowest BCUT2D eigenvalue weighted by Gasteiger charge is -2.21. The van der Waals surface area contributed by atoms with E-state index in [9.17, 15) is 9.18 Å². The molecule has 2 aromatic rings. The van der Waals surface area contributed by atoms with Crippen molar-refractivity contribution in [3.8, 4) is 5.69 Å². The Balaban J connectivity index is 2.15. The van der Waals surface area contributed by atoms with Gasteiger partial charge >= 0.3 is 0 Å². The lowest BCUT2D eigenvalue weighted by Crippen LogP contribution is -2.39. The Kier molecular flexibility index (Phi) is 5.21. The fourth-order valence-electron chi connectivity index (χ4n) is 2.13. The number of hydrogen-bond acceptors (Lipinski definition) is 4. The Labute approximate surface area is 128 Å². The Morgan fingerprint density at radius 1 is 1.45 bits per heavy atom. The van der Waals surface area contributed by atoms with Crippen molar-refractivity contribution in [1.82, 2.24) is 20.1 Å². The number of halogens is 1. The van der Waals surface area contributed by atoms with Gasteiger partial charge in [-0.15, -0.1) is 0 Å². The van der Waals surface area contributed by atoms with E-state index in [1.807, 2.05) is 13.8 Å². The molecular weight excluding hydrogens is 287 g/mol. The largest absolute Gasteiger partial charge is 0.396 e. The van der Waals surface area contributed by atoms with Gasteiger partial charge in [0.1, 0.15) is 24.2 Å². The molecular formula is C15H19FN4O2. The van der Waals surface area contributed by atoms with E-state index >= 15 is 0 Å². The molecule has 0 aliphatic heterocycles. The number of aliphatic hydroxyl groups excluding tert-OH is 1. The van der Waals surface area contributed by atoms with Gasteiger partial charge in [0.25, 0.3) is 5.91 Å². The molecule has 118 valence electrons. The molecule has 1 heterocycles. The minimum absolute atomic E-state index is 0.0112. The maximum Gasteiger partial charge on any atom is 0.251 e. The monoisotopic (exact) mass is 306 g/mol. The van der Waals surface area contributed by atoms with Gasteiger partial charge in [0.05, 0.1) is 0 Å². The third-order valence-electron chi connectivity index (χ3n) is 3.44. The van der Waals surface area contributed by atoms with Crippen LogP contribution in [0.25, 0.3) is 5.69 Å². The van der Waals surface area contributed by atoms with E-state index < -0.39 is 5.82 Å². The summed E-state index contributed by atoms with van der Waals surface area (Å²) in [6.45, 7) is 3.90. The molecule has 0 aliphatic rings. The van der Waals surface area contributed by atoms with Crippen LogP contribution in [-0.4, -0.2) is 38.4 Å². The average molecular weight is 306 g/mol. The molecule has 0 radical (unpaired) electrons.